The maximum absolute atomic E-state index is 6.44. The molecule has 1 aromatic rings. The van der Waals surface area contributed by atoms with Crippen LogP contribution in [0.1, 0.15) is 46.1 Å². The van der Waals surface area contributed by atoms with Crippen LogP contribution in [-0.2, 0) is 0 Å². The highest BCUT2D eigenvalue weighted by Crippen LogP contribution is 2.28. The lowest BCUT2D eigenvalue weighted by atomic mass is 10.1. The van der Waals surface area contributed by atoms with Crippen molar-refractivity contribution in [1.82, 2.24) is 0 Å². The zero-order chi connectivity index (χ0) is 16.0. The first kappa shape index (κ1) is 18.2. The molecule has 0 heterocycles. The summed E-state index contributed by atoms with van der Waals surface area (Å²) in [6, 6.07) is 5.87. The fourth-order valence-corrected chi connectivity index (χ4v) is 2.52. The summed E-state index contributed by atoms with van der Waals surface area (Å²) in [5.41, 5.74) is 7.57. The van der Waals surface area contributed by atoms with E-state index in [2.05, 4.69) is 32.6 Å². The molecule has 0 bridgehead atoms. The minimum atomic E-state index is 0.388. The number of rotatable bonds is 8. The second kappa shape index (κ2) is 8.60. The van der Waals surface area contributed by atoms with Crippen LogP contribution in [0, 0.1) is 11.8 Å². The van der Waals surface area contributed by atoms with Gasteiger partial charge in [0.25, 0.3) is 0 Å². The van der Waals surface area contributed by atoms with Gasteiger partial charge in [0.1, 0.15) is 4.99 Å². The van der Waals surface area contributed by atoms with Gasteiger partial charge in [0, 0.05) is 18.7 Å². The molecule has 0 fully saturated rings. The van der Waals surface area contributed by atoms with Crippen molar-refractivity contribution in [3.63, 3.8) is 0 Å². The van der Waals surface area contributed by atoms with Crippen LogP contribution in [0.5, 0.6) is 0 Å². The van der Waals surface area contributed by atoms with E-state index in [4.69, 9.17) is 29.6 Å². The standard InChI is InChI=1S/C17H27ClN2S/c1-12(2)7-9-20(10-8-13(3)4)16-6-5-14(17(19)21)11-15(16)18/h5-6,11-13H,7-10H2,1-4H3,(H2,19,21). The zero-order valence-electron chi connectivity index (χ0n) is 13.5. The molecule has 4 heteroatoms. The first-order valence-corrected chi connectivity index (χ1v) is 8.44. The van der Waals surface area contributed by atoms with Crippen LogP contribution in [0.4, 0.5) is 5.69 Å². The van der Waals surface area contributed by atoms with Gasteiger partial charge in [0.05, 0.1) is 10.7 Å². The van der Waals surface area contributed by atoms with Gasteiger partial charge in [-0.2, -0.15) is 0 Å². The van der Waals surface area contributed by atoms with Crippen molar-refractivity contribution in [3.05, 3.63) is 28.8 Å². The van der Waals surface area contributed by atoms with Gasteiger partial charge in [-0.1, -0.05) is 51.5 Å². The third kappa shape index (κ3) is 6.23. The summed E-state index contributed by atoms with van der Waals surface area (Å²) in [4.78, 5) is 2.77. The van der Waals surface area contributed by atoms with Crippen LogP contribution >= 0.6 is 23.8 Å². The van der Waals surface area contributed by atoms with Gasteiger partial charge in [0.2, 0.25) is 0 Å². The number of thiocarbonyl (C=S) groups is 1. The maximum atomic E-state index is 6.44. The molecule has 1 aromatic carbocycles. The van der Waals surface area contributed by atoms with Crippen molar-refractivity contribution in [2.45, 2.75) is 40.5 Å². The zero-order valence-corrected chi connectivity index (χ0v) is 15.1. The molecule has 2 nitrogen and oxygen atoms in total. The Bertz CT molecular complexity index is 460. The van der Waals surface area contributed by atoms with Crippen LogP contribution in [0.2, 0.25) is 5.02 Å². The molecule has 0 amide bonds. The Morgan fingerprint density at radius 2 is 1.67 bits per heavy atom. The van der Waals surface area contributed by atoms with E-state index in [0.717, 1.165) is 42.2 Å². The molecule has 0 saturated heterocycles. The number of nitrogens with two attached hydrogens (primary N) is 1. The SMILES string of the molecule is CC(C)CCN(CCC(C)C)c1ccc(C(N)=S)cc1Cl. The fraction of sp³-hybridized carbons (Fsp3) is 0.588. The number of nitrogens with zero attached hydrogens (tertiary/aromatic N) is 1. The second-order valence-electron chi connectivity index (χ2n) is 6.38. The molecule has 21 heavy (non-hydrogen) atoms. The van der Waals surface area contributed by atoms with E-state index >= 15 is 0 Å². The molecule has 0 aliphatic heterocycles. The molecule has 0 spiro atoms. The van der Waals surface area contributed by atoms with Crippen LogP contribution in [0.15, 0.2) is 18.2 Å². The second-order valence-corrected chi connectivity index (χ2v) is 7.23. The lowest BCUT2D eigenvalue weighted by molar-refractivity contribution is 0.535. The maximum Gasteiger partial charge on any atom is 0.104 e. The molecule has 1 rings (SSSR count). The summed E-state index contributed by atoms with van der Waals surface area (Å²) in [6.45, 7) is 11.0. The van der Waals surface area contributed by atoms with E-state index in [1.165, 1.54) is 0 Å². The van der Waals surface area contributed by atoms with E-state index in [-0.39, 0.29) is 0 Å². The monoisotopic (exact) mass is 326 g/mol. The van der Waals surface area contributed by atoms with Gasteiger partial charge >= 0.3 is 0 Å². The van der Waals surface area contributed by atoms with Crippen LogP contribution in [-0.4, -0.2) is 18.1 Å². The predicted octanol–water partition coefficient (Wildman–Crippen LogP) is 4.87. The molecule has 0 aromatic heterocycles. The van der Waals surface area contributed by atoms with E-state index in [1.807, 2.05) is 18.2 Å². The molecule has 0 aliphatic carbocycles. The number of benzene rings is 1. The quantitative estimate of drug-likeness (QED) is 0.691. The average Bonchev–Trinajstić information content (AvgIpc) is 2.38. The predicted molar refractivity (Wildman–Crippen MR) is 98.5 cm³/mol. The number of halogens is 1. The Balaban J connectivity index is 2.92. The topological polar surface area (TPSA) is 29.3 Å². The molecular weight excluding hydrogens is 300 g/mol. The molecule has 118 valence electrons. The normalized spacial score (nSPS) is 11.2. The summed E-state index contributed by atoms with van der Waals surface area (Å²) < 4.78 is 0. The van der Waals surface area contributed by atoms with Crippen molar-refractivity contribution in [1.29, 1.82) is 0 Å². The fourth-order valence-electron chi connectivity index (χ4n) is 2.10. The summed E-state index contributed by atoms with van der Waals surface area (Å²) in [5.74, 6) is 1.36. The third-order valence-corrected chi connectivity index (χ3v) is 4.06. The van der Waals surface area contributed by atoms with Crippen molar-refractivity contribution < 1.29 is 0 Å². The van der Waals surface area contributed by atoms with E-state index in [0.29, 0.717) is 16.8 Å². The summed E-state index contributed by atoms with van der Waals surface area (Å²) in [6.07, 6.45) is 2.32. The molecule has 0 unspecified atom stereocenters. The summed E-state index contributed by atoms with van der Waals surface area (Å²) in [7, 11) is 0. The van der Waals surface area contributed by atoms with Crippen molar-refractivity contribution in [3.8, 4) is 0 Å². The van der Waals surface area contributed by atoms with Gasteiger partial charge in [-0.3, -0.25) is 0 Å². The van der Waals surface area contributed by atoms with Crippen LogP contribution in [0.25, 0.3) is 0 Å². The number of hydrogen-bond acceptors (Lipinski definition) is 2. The van der Waals surface area contributed by atoms with E-state index < -0.39 is 0 Å². The number of hydrogen-bond donors (Lipinski definition) is 1. The first-order valence-electron chi connectivity index (χ1n) is 7.65. The Hall–Kier alpha value is -0.800. The van der Waals surface area contributed by atoms with Crippen molar-refractivity contribution in [2.24, 2.45) is 17.6 Å². The third-order valence-electron chi connectivity index (χ3n) is 3.53. The van der Waals surface area contributed by atoms with E-state index in [9.17, 15) is 0 Å². The Morgan fingerprint density at radius 1 is 1.14 bits per heavy atom. The van der Waals surface area contributed by atoms with Crippen molar-refractivity contribution >= 4 is 34.5 Å². The molecule has 0 atom stereocenters. The van der Waals surface area contributed by atoms with Crippen LogP contribution in [0.3, 0.4) is 0 Å². The summed E-state index contributed by atoms with van der Waals surface area (Å²) >= 11 is 11.4. The highest BCUT2D eigenvalue weighted by molar-refractivity contribution is 7.80. The van der Waals surface area contributed by atoms with Gasteiger partial charge in [0.15, 0.2) is 0 Å². The Labute approximate surface area is 139 Å². The molecule has 0 radical (unpaired) electrons. The lowest BCUT2D eigenvalue weighted by Crippen LogP contribution is -2.28. The Morgan fingerprint density at radius 3 is 2.05 bits per heavy atom. The van der Waals surface area contributed by atoms with Gasteiger partial charge in [-0.15, -0.1) is 0 Å². The molecule has 0 aliphatic rings. The van der Waals surface area contributed by atoms with Gasteiger partial charge in [-0.25, -0.2) is 0 Å². The average molecular weight is 327 g/mol. The van der Waals surface area contributed by atoms with Gasteiger partial charge < -0.3 is 10.6 Å². The highest BCUT2D eigenvalue weighted by Gasteiger charge is 2.13. The smallest absolute Gasteiger partial charge is 0.104 e. The number of anilines is 1. The Kier molecular flexibility index (Phi) is 7.47. The molecular formula is C17H27ClN2S. The van der Waals surface area contributed by atoms with Crippen LogP contribution < -0.4 is 10.6 Å². The lowest BCUT2D eigenvalue weighted by Gasteiger charge is -2.27. The highest BCUT2D eigenvalue weighted by atomic mass is 35.5. The van der Waals surface area contributed by atoms with E-state index in [1.54, 1.807) is 0 Å². The minimum Gasteiger partial charge on any atom is -0.389 e. The molecule has 0 saturated carbocycles. The molecule has 2 N–H and O–H groups in total. The largest absolute Gasteiger partial charge is 0.389 e. The van der Waals surface area contributed by atoms with Gasteiger partial charge in [-0.05, 0) is 42.9 Å². The van der Waals surface area contributed by atoms with Crippen molar-refractivity contribution in [2.75, 3.05) is 18.0 Å². The first-order chi connectivity index (χ1) is 9.81. The summed E-state index contributed by atoms with van der Waals surface area (Å²) in [5, 5.41) is 0.729. The minimum absolute atomic E-state index is 0.388.